The van der Waals surface area contributed by atoms with Crippen molar-refractivity contribution in [2.24, 2.45) is 0 Å². The second-order valence-electron chi connectivity index (χ2n) is 10.0. The lowest BCUT2D eigenvalue weighted by molar-refractivity contribution is -0.119. The van der Waals surface area contributed by atoms with Gasteiger partial charge >= 0.3 is 0 Å². The predicted octanol–water partition coefficient (Wildman–Crippen LogP) is 4.76. The third-order valence-electron chi connectivity index (χ3n) is 7.34. The van der Waals surface area contributed by atoms with Gasteiger partial charge in [0, 0.05) is 31.2 Å². The Hall–Kier alpha value is -4.21. The molecular weight excluding hydrogens is 466 g/mol. The van der Waals surface area contributed by atoms with Crippen molar-refractivity contribution < 1.29 is 4.79 Å². The van der Waals surface area contributed by atoms with Crippen LogP contribution in [0, 0.1) is 0 Å². The first-order valence-corrected chi connectivity index (χ1v) is 12.8. The Morgan fingerprint density at radius 3 is 2.62 bits per heavy atom. The first-order chi connectivity index (χ1) is 18.0. The van der Waals surface area contributed by atoms with Gasteiger partial charge in [-0.2, -0.15) is 10.1 Å². The summed E-state index contributed by atoms with van der Waals surface area (Å²) in [6.07, 6.45) is 11.0. The molecule has 190 valence electrons. The lowest BCUT2D eigenvalue weighted by Gasteiger charge is -2.45. The third-order valence-corrected chi connectivity index (χ3v) is 7.34. The van der Waals surface area contributed by atoms with E-state index in [2.05, 4.69) is 30.4 Å². The Labute approximate surface area is 215 Å². The number of aromatic nitrogens is 5. The van der Waals surface area contributed by atoms with Crippen molar-refractivity contribution >= 4 is 51.5 Å². The molecule has 0 bridgehead atoms. The molecule has 0 unspecified atom stereocenters. The van der Waals surface area contributed by atoms with Crippen LogP contribution < -0.4 is 20.0 Å². The SMILES string of the molecule is C[C@@H]1C(=O)N(c2ccc(N(C)C)nc2)c2cnc(Nc3ccc4[nH]ncc4c3)nc2N1C1CCCCC1. The largest absolute Gasteiger partial charge is 0.363 e. The number of pyridine rings is 1. The van der Waals surface area contributed by atoms with Gasteiger partial charge in [-0.15, -0.1) is 0 Å². The highest BCUT2D eigenvalue weighted by molar-refractivity contribution is 6.09. The van der Waals surface area contributed by atoms with Crippen LogP contribution in [0.2, 0.25) is 0 Å². The molecule has 6 rings (SSSR count). The number of rotatable bonds is 5. The maximum Gasteiger partial charge on any atom is 0.254 e. The lowest BCUT2D eigenvalue weighted by Crippen LogP contribution is -2.55. The maximum atomic E-state index is 13.8. The molecule has 4 aromatic rings. The summed E-state index contributed by atoms with van der Waals surface area (Å²) in [5.74, 6) is 2.10. The van der Waals surface area contributed by atoms with Gasteiger partial charge in [0.15, 0.2) is 5.82 Å². The van der Waals surface area contributed by atoms with Crippen molar-refractivity contribution in [3.05, 3.63) is 48.9 Å². The van der Waals surface area contributed by atoms with E-state index in [9.17, 15) is 4.79 Å². The highest BCUT2D eigenvalue weighted by atomic mass is 16.2. The molecule has 10 nitrogen and oxygen atoms in total. The number of fused-ring (bicyclic) bond motifs is 2. The number of hydrogen-bond acceptors (Lipinski definition) is 8. The van der Waals surface area contributed by atoms with Gasteiger partial charge in [-0.1, -0.05) is 19.3 Å². The summed E-state index contributed by atoms with van der Waals surface area (Å²) in [6.45, 7) is 1.98. The van der Waals surface area contributed by atoms with Crippen LogP contribution in [0.1, 0.15) is 39.0 Å². The van der Waals surface area contributed by atoms with Gasteiger partial charge in [0.2, 0.25) is 5.95 Å². The zero-order chi connectivity index (χ0) is 25.5. The Bertz CT molecular complexity index is 1430. The lowest BCUT2D eigenvalue weighted by atomic mass is 9.92. The molecule has 0 saturated heterocycles. The standard InChI is InChI=1S/C27H31N9O/c1-17-26(37)36(21-10-12-24(28-15-21)34(2)3)23-16-29-27(31-19-9-11-22-18(13-19)14-30-33-22)32-25(23)35(17)20-7-5-4-6-8-20/h9-17,20H,4-8H2,1-3H3,(H,30,33)(H,29,31,32)/t17-/m1/s1. The first-order valence-electron chi connectivity index (χ1n) is 12.8. The van der Waals surface area contributed by atoms with Crippen LogP contribution in [0.15, 0.2) is 48.9 Å². The number of carbonyl (C=O) groups is 1. The molecule has 37 heavy (non-hydrogen) atoms. The second-order valence-corrected chi connectivity index (χ2v) is 10.0. The highest BCUT2D eigenvalue weighted by Crippen LogP contribution is 2.42. The summed E-state index contributed by atoms with van der Waals surface area (Å²) in [7, 11) is 3.89. The van der Waals surface area contributed by atoms with Crippen molar-refractivity contribution in [1.82, 2.24) is 25.1 Å². The Morgan fingerprint density at radius 1 is 1.03 bits per heavy atom. The van der Waals surface area contributed by atoms with Crippen LogP contribution in [-0.2, 0) is 4.79 Å². The van der Waals surface area contributed by atoms with E-state index in [0.29, 0.717) is 17.3 Å². The van der Waals surface area contributed by atoms with E-state index in [1.807, 2.05) is 56.3 Å². The topological polar surface area (TPSA) is 106 Å². The Kier molecular flexibility index (Phi) is 5.86. The van der Waals surface area contributed by atoms with E-state index in [0.717, 1.165) is 53.9 Å². The highest BCUT2D eigenvalue weighted by Gasteiger charge is 2.41. The average molecular weight is 498 g/mol. The molecule has 2 aliphatic rings. The molecule has 1 saturated carbocycles. The summed E-state index contributed by atoms with van der Waals surface area (Å²) in [6, 6.07) is 9.73. The molecule has 3 aromatic heterocycles. The van der Waals surface area contributed by atoms with Gasteiger partial charge in [-0.25, -0.2) is 9.97 Å². The summed E-state index contributed by atoms with van der Waals surface area (Å²) < 4.78 is 0. The van der Waals surface area contributed by atoms with Crippen molar-refractivity contribution in [1.29, 1.82) is 0 Å². The van der Waals surface area contributed by atoms with Crippen molar-refractivity contribution in [3.8, 4) is 0 Å². The first kappa shape index (κ1) is 23.2. The van der Waals surface area contributed by atoms with E-state index in [-0.39, 0.29) is 18.0 Å². The van der Waals surface area contributed by atoms with E-state index >= 15 is 0 Å². The molecule has 0 spiro atoms. The molecular formula is C27H31N9O. The van der Waals surface area contributed by atoms with Gasteiger partial charge in [-0.05, 0) is 50.1 Å². The predicted molar refractivity (Wildman–Crippen MR) is 146 cm³/mol. The molecule has 1 aliphatic heterocycles. The number of aromatic amines is 1. The van der Waals surface area contributed by atoms with E-state index < -0.39 is 0 Å². The van der Waals surface area contributed by atoms with Crippen LogP contribution in [0.3, 0.4) is 0 Å². The van der Waals surface area contributed by atoms with Crippen LogP contribution in [0.25, 0.3) is 10.9 Å². The average Bonchev–Trinajstić information content (AvgIpc) is 3.38. The van der Waals surface area contributed by atoms with Gasteiger partial charge < -0.3 is 15.1 Å². The third kappa shape index (κ3) is 4.22. The number of nitrogens with one attached hydrogen (secondary N) is 2. The molecule has 1 atom stereocenters. The number of amides is 1. The van der Waals surface area contributed by atoms with Crippen LogP contribution in [0.4, 0.5) is 34.6 Å². The molecule has 1 fully saturated rings. The number of carbonyl (C=O) groups excluding carboxylic acids is 1. The van der Waals surface area contributed by atoms with E-state index in [4.69, 9.17) is 4.98 Å². The molecule has 10 heteroatoms. The van der Waals surface area contributed by atoms with E-state index in [1.165, 1.54) is 6.42 Å². The summed E-state index contributed by atoms with van der Waals surface area (Å²) in [5, 5.41) is 11.4. The molecule has 2 N–H and O–H groups in total. The Balaban J connectivity index is 1.41. The number of anilines is 6. The molecule has 1 aromatic carbocycles. The second kappa shape index (κ2) is 9.34. The zero-order valence-corrected chi connectivity index (χ0v) is 21.3. The van der Waals surface area contributed by atoms with Gasteiger partial charge in [0.25, 0.3) is 5.91 Å². The molecule has 1 aliphatic carbocycles. The minimum atomic E-state index is -0.353. The number of hydrogen-bond donors (Lipinski definition) is 2. The minimum Gasteiger partial charge on any atom is -0.363 e. The van der Waals surface area contributed by atoms with Crippen molar-refractivity contribution in [2.75, 3.05) is 34.1 Å². The smallest absolute Gasteiger partial charge is 0.254 e. The van der Waals surface area contributed by atoms with Gasteiger partial charge in [0.05, 0.1) is 29.8 Å². The monoisotopic (exact) mass is 497 g/mol. The van der Waals surface area contributed by atoms with Gasteiger partial charge in [0.1, 0.15) is 17.5 Å². The minimum absolute atomic E-state index is 0.00666. The summed E-state index contributed by atoms with van der Waals surface area (Å²) in [4.78, 5) is 33.8. The molecule has 0 radical (unpaired) electrons. The van der Waals surface area contributed by atoms with Crippen molar-refractivity contribution in [3.63, 3.8) is 0 Å². The summed E-state index contributed by atoms with van der Waals surface area (Å²) >= 11 is 0. The van der Waals surface area contributed by atoms with Crippen LogP contribution in [-0.4, -0.2) is 57.2 Å². The summed E-state index contributed by atoms with van der Waals surface area (Å²) in [5.41, 5.74) is 3.24. The van der Waals surface area contributed by atoms with Gasteiger partial charge in [-0.3, -0.25) is 14.8 Å². The molecule has 1 amide bonds. The van der Waals surface area contributed by atoms with Crippen LogP contribution >= 0.6 is 0 Å². The molecule has 4 heterocycles. The zero-order valence-electron chi connectivity index (χ0n) is 21.3. The quantitative estimate of drug-likeness (QED) is 0.406. The number of nitrogens with zero attached hydrogens (tertiary/aromatic N) is 7. The Morgan fingerprint density at radius 2 is 1.86 bits per heavy atom. The fourth-order valence-corrected chi connectivity index (χ4v) is 5.42. The fourth-order valence-electron chi connectivity index (χ4n) is 5.42. The number of benzene rings is 1. The normalized spacial score (nSPS) is 18.2. The number of H-pyrrole nitrogens is 1. The van der Waals surface area contributed by atoms with E-state index in [1.54, 1.807) is 23.5 Å². The fraction of sp³-hybridized carbons (Fsp3) is 0.370. The maximum absolute atomic E-state index is 13.8. The van der Waals surface area contributed by atoms with Crippen molar-refractivity contribution in [2.45, 2.75) is 51.1 Å². The van der Waals surface area contributed by atoms with Crippen LogP contribution in [0.5, 0.6) is 0 Å².